The van der Waals surface area contributed by atoms with Crippen molar-refractivity contribution in [1.82, 2.24) is 9.55 Å². The first-order chi connectivity index (χ1) is 7.75. The third-order valence-electron chi connectivity index (χ3n) is 3.65. The molecule has 4 heteroatoms. The predicted molar refractivity (Wildman–Crippen MR) is 65.5 cm³/mol. The van der Waals surface area contributed by atoms with Gasteiger partial charge < -0.3 is 0 Å². The molecule has 0 unspecified atom stereocenters. The summed E-state index contributed by atoms with van der Waals surface area (Å²) in [5, 5.41) is 0. The maximum atomic E-state index is 12.1. The van der Waals surface area contributed by atoms with E-state index in [9.17, 15) is 4.79 Å². The van der Waals surface area contributed by atoms with Gasteiger partial charge in [0.25, 0.3) is 5.56 Å². The topological polar surface area (TPSA) is 34.9 Å². The standard InChI is InChI=1S/C12H15BrN2O/c13-10-11(9-2-1-3-9)14-7-15(12(10)16)6-8-4-5-8/h7-9H,1-6H2. The SMILES string of the molecule is O=c1c(Br)c(C2CCC2)ncn1CC1CC1. The lowest BCUT2D eigenvalue weighted by Gasteiger charge is -2.25. The second kappa shape index (κ2) is 3.99. The van der Waals surface area contributed by atoms with E-state index in [1.165, 1.54) is 32.1 Å². The minimum atomic E-state index is 0.101. The molecule has 1 aromatic heterocycles. The lowest BCUT2D eigenvalue weighted by molar-refractivity contribution is 0.406. The lowest BCUT2D eigenvalue weighted by atomic mass is 9.83. The largest absolute Gasteiger partial charge is 0.298 e. The molecule has 0 N–H and O–H groups in total. The van der Waals surface area contributed by atoms with Crippen LogP contribution in [-0.2, 0) is 6.54 Å². The van der Waals surface area contributed by atoms with Gasteiger partial charge in [0.1, 0.15) is 4.47 Å². The summed E-state index contributed by atoms with van der Waals surface area (Å²) in [7, 11) is 0. The molecule has 0 aromatic carbocycles. The Kier molecular flexibility index (Phi) is 2.62. The Hall–Kier alpha value is -0.640. The van der Waals surface area contributed by atoms with Crippen molar-refractivity contribution < 1.29 is 0 Å². The third kappa shape index (κ3) is 1.83. The van der Waals surface area contributed by atoms with Crippen LogP contribution in [0.4, 0.5) is 0 Å². The number of hydrogen-bond donors (Lipinski definition) is 0. The number of rotatable bonds is 3. The molecule has 16 heavy (non-hydrogen) atoms. The summed E-state index contributed by atoms with van der Waals surface area (Å²) in [5.41, 5.74) is 1.08. The van der Waals surface area contributed by atoms with Crippen molar-refractivity contribution in [3.8, 4) is 0 Å². The van der Waals surface area contributed by atoms with E-state index in [0.717, 1.165) is 12.2 Å². The monoisotopic (exact) mass is 282 g/mol. The second-order valence-corrected chi connectivity index (χ2v) is 5.77. The molecule has 0 spiro atoms. The first kappa shape index (κ1) is 10.5. The molecule has 1 heterocycles. The van der Waals surface area contributed by atoms with E-state index in [1.54, 1.807) is 10.9 Å². The molecule has 0 bridgehead atoms. The zero-order valence-corrected chi connectivity index (χ0v) is 10.7. The maximum absolute atomic E-state index is 12.1. The highest BCUT2D eigenvalue weighted by Gasteiger charge is 2.26. The molecule has 0 saturated heterocycles. The summed E-state index contributed by atoms with van der Waals surface area (Å²) in [6.07, 6.45) is 7.88. The van der Waals surface area contributed by atoms with Crippen LogP contribution < -0.4 is 5.56 Å². The highest BCUT2D eigenvalue weighted by Crippen LogP contribution is 2.37. The first-order valence-corrected chi connectivity index (χ1v) is 6.80. The van der Waals surface area contributed by atoms with Crippen LogP contribution in [0.3, 0.4) is 0 Å². The molecule has 2 saturated carbocycles. The van der Waals surface area contributed by atoms with E-state index in [2.05, 4.69) is 20.9 Å². The Morgan fingerprint density at radius 1 is 1.38 bits per heavy atom. The number of aromatic nitrogens is 2. The Bertz CT molecular complexity index is 461. The van der Waals surface area contributed by atoms with E-state index in [4.69, 9.17) is 0 Å². The highest BCUT2D eigenvalue weighted by molar-refractivity contribution is 9.10. The highest BCUT2D eigenvalue weighted by atomic mass is 79.9. The molecule has 2 fully saturated rings. The van der Waals surface area contributed by atoms with E-state index < -0.39 is 0 Å². The molecule has 3 rings (SSSR count). The van der Waals surface area contributed by atoms with Gasteiger partial charge in [-0.2, -0.15) is 0 Å². The summed E-state index contributed by atoms with van der Waals surface area (Å²) in [5.74, 6) is 1.22. The molecular formula is C12H15BrN2O. The Balaban J connectivity index is 1.91. The fourth-order valence-electron chi connectivity index (χ4n) is 2.15. The van der Waals surface area contributed by atoms with Gasteiger partial charge in [0.2, 0.25) is 0 Å². The van der Waals surface area contributed by atoms with Crippen LogP contribution in [-0.4, -0.2) is 9.55 Å². The molecule has 1 aromatic rings. The van der Waals surface area contributed by atoms with E-state index in [-0.39, 0.29) is 5.56 Å². The summed E-state index contributed by atoms with van der Waals surface area (Å²) in [6.45, 7) is 0.843. The van der Waals surface area contributed by atoms with Crippen LogP contribution in [0.5, 0.6) is 0 Å². The van der Waals surface area contributed by atoms with E-state index in [1.807, 2.05) is 0 Å². The minimum absolute atomic E-state index is 0.101. The van der Waals surface area contributed by atoms with Crippen molar-refractivity contribution in [3.63, 3.8) is 0 Å². The average molecular weight is 283 g/mol. The molecule has 0 aliphatic heterocycles. The number of halogens is 1. The van der Waals surface area contributed by atoms with Crippen molar-refractivity contribution in [2.75, 3.05) is 0 Å². The summed E-state index contributed by atoms with van der Waals surface area (Å²) in [4.78, 5) is 16.5. The third-order valence-corrected chi connectivity index (χ3v) is 4.40. The van der Waals surface area contributed by atoms with Crippen LogP contribution in [0.2, 0.25) is 0 Å². The fourth-order valence-corrected chi connectivity index (χ4v) is 2.81. The van der Waals surface area contributed by atoms with Gasteiger partial charge in [-0.25, -0.2) is 4.98 Å². The van der Waals surface area contributed by atoms with Gasteiger partial charge in [-0.3, -0.25) is 9.36 Å². The predicted octanol–water partition coefficient (Wildman–Crippen LogP) is 2.68. The smallest absolute Gasteiger partial charge is 0.267 e. The van der Waals surface area contributed by atoms with Gasteiger partial charge in [-0.1, -0.05) is 6.42 Å². The van der Waals surface area contributed by atoms with Crippen molar-refractivity contribution in [2.45, 2.75) is 44.6 Å². The van der Waals surface area contributed by atoms with Crippen LogP contribution in [0.15, 0.2) is 15.6 Å². The van der Waals surface area contributed by atoms with Gasteiger partial charge in [0.05, 0.1) is 12.0 Å². The van der Waals surface area contributed by atoms with Gasteiger partial charge in [-0.05, 0) is 47.5 Å². The summed E-state index contributed by atoms with van der Waals surface area (Å²) >= 11 is 3.42. The van der Waals surface area contributed by atoms with Crippen molar-refractivity contribution in [3.05, 3.63) is 26.8 Å². The van der Waals surface area contributed by atoms with Gasteiger partial charge in [-0.15, -0.1) is 0 Å². The number of nitrogens with zero attached hydrogens (tertiary/aromatic N) is 2. The van der Waals surface area contributed by atoms with Crippen molar-refractivity contribution in [2.24, 2.45) is 5.92 Å². The lowest BCUT2D eigenvalue weighted by Crippen LogP contribution is -2.25. The van der Waals surface area contributed by atoms with Crippen molar-refractivity contribution in [1.29, 1.82) is 0 Å². The molecule has 3 nitrogen and oxygen atoms in total. The van der Waals surface area contributed by atoms with Crippen LogP contribution in [0.25, 0.3) is 0 Å². The van der Waals surface area contributed by atoms with E-state index in [0.29, 0.717) is 16.3 Å². The minimum Gasteiger partial charge on any atom is -0.298 e. The molecular weight excluding hydrogens is 268 g/mol. The zero-order chi connectivity index (χ0) is 11.1. The zero-order valence-electron chi connectivity index (χ0n) is 9.16. The summed E-state index contributed by atoms with van der Waals surface area (Å²) in [6, 6.07) is 0. The molecule has 2 aliphatic carbocycles. The van der Waals surface area contributed by atoms with Crippen LogP contribution >= 0.6 is 15.9 Å². The number of hydrogen-bond acceptors (Lipinski definition) is 2. The average Bonchev–Trinajstić information content (AvgIpc) is 2.98. The van der Waals surface area contributed by atoms with Gasteiger partial charge in [0, 0.05) is 12.5 Å². The molecule has 0 atom stereocenters. The molecule has 2 aliphatic rings. The quantitative estimate of drug-likeness (QED) is 0.854. The van der Waals surface area contributed by atoms with Gasteiger partial charge >= 0.3 is 0 Å². The van der Waals surface area contributed by atoms with Crippen LogP contribution in [0.1, 0.15) is 43.7 Å². The molecule has 86 valence electrons. The maximum Gasteiger partial charge on any atom is 0.267 e. The Labute approximate surface area is 103 Å². The fraction of sp³-hybridized carbons (Fsp3) is 0.667. The van der Waals surface area contributed by atoms with E-state index >= 15 is 0 Å². The molecule has 0 amide bonds. The van der Waals surface area contributed by atoms with Crippen molar-refractivity contribution >= 4 is 15.9 Å². The van der Waals surface area contributed by atoms with Gasteiger partial charge in [0.15, 0.2) is 0 Å². The van der Waals surface area contributed by atoms with Crippen LogP contribution in [0, 0.1) is 5.92 Å². The second-order valence-electron chi connectivity index (χ2n) is 4.97. The Morgan fingerprint density at radius 2 is 2.12 bits per heavy atom. The summed E-state index contributed by atoms with van der Waals surface area (Å²) < 4.78 is 2.45. The first-order valence-electron chi connectivity index (χ1n) is 6.00. The Morgan fingerprint density at radius 3 is 2.69 bits per heavy atom. The normalized spacial score (nSPS) is 20.8. The molecule has 0 radical (unpaired) electrons.